The van der Waals surface area contributed by atoms with Gasteiger partial charge < -0.3 is 15.1 Å². The zero-order valence-electron chi connectivity index (χ0n) is 12.2. The minimum atomic E-state index is -0.492. The Morgan fingerprint density at radius 3 is 1.89 bits per heavy atom. The molecule has 6 nitrogen and oxygen atoms in total. The summed E-state index contributed by atoms with van der Waals surface area (Å²) in [5.74, 6) is -0.197. The Morgan fingerprint density at radius 2 is 1.47 bits per heavy atom. The first-order valence-corrected chi connectivity index (χ1v) is 6.53. The molecule has 0 aromatic rings. The highest BCUT2D eigenvalue weighted by Gasteiger charge is 2.25. The van der Waals surface area contributed by atoms with Crippen LogP contribution in [0.1, 0.15) is 27.7 Å². The minimum Gasteiger partial charge on any atom is -0.347 e. The standard InChI is InChI=1S/C13H23N3O3/c1-10(17)15-5-7-16(8-6-15)11(18)9-14-12(19)13(2,3)4/h5-9H2,1-4H3,(H,14,19). The van der Waals surface area contributed by atoms with E-state index in [0.717, 1.165) is 0 Å². The van der Waals surface area contributed by atoms with E-state index >= 15 is 0 Å². The summed E-state index contributed by atoms with van der Waals surface area (Å²) in [6.45, 7) is 9.16. The predicted octanol–water partition coefficient (Wildman–Crippen LogP) is -0.161. The number of hydrogen-bond donors (Lipinski definition) is 1. The van der Waals surface area contributed by atoms with Crippen molar-refractivity contribution >= 4 is 17.7 Å². The Kier molecular flexibility index (Phi) is 4.91. The van der Waals surface area contributed by atoms with Crippen LogP contribution in [0.15, 0.2) is 0 Å². The molecule has 0 aromatic heterocycles. The lowest BCUT2D eigenvalue weighted by molar-refractivity contribution is -0.139. The van der Waals surface area contributed by atoms with Crippen molar-refractivity contribution < 1.29 is 14.4 Å². The van der Waals surface area contributed by atoms with Crippen LogP contribution in [0.5, 0.6) is 0 Å². The zero-order chi connectivity index (χ0) is 14.6. The van der Waals surface area contributed by atoms with E-state index in [0.29, 0.717) is 26.2 Å². The fraction of sp³-hybridized carbons (Fsp3) is 0.769. The van der Waals surface area contributed by atoms with Crippen molar-refractivity contribution in [1.82, 2.24) is 15.1 Å². The van der Waals surface area contributed by atoms with Gasteiger partial charge in [0.05, 0.1) is 6.54 Å². The molecule has 19 heavy (non-hydrogen) atoms. The molecule has 1 rings (SSSR count). The van der Waals surface area contributed by atoms with Gasteiger partial charge in [0, 0.05) is 38.5 Å². The molecular formula is C13H23N3O3. The molecule has 6 heteroatoms. The van der Waals surface area contributed by atoms with Gasteiger partial charge in [0.1, 0.15) is 0 Å². The number of nitrogens with one attached hydrogen (secondary N) is 1. The van der Waals surface area contributed by atoms with E-state index in [9.17, 15) is 14.4 Å². The van der Waals surface area contributed by atoms with E-state index in [2.05, 4.69) is 5.32 Å². The average Bonchev–Trinajstić information content (AvgIpc) is 2.34. The van der Waals surface area contributed by atoms with E-state index in [1.807, 2.05) is 0 Å². The van der Waals surface area contributed by atoms with Gasteiger partial charge in [-0.3, -0.25) is 14.4 Å². The third-order valence-electron chi connectivity index (χ3n) is 3.16. The molecule has 0 aliphatic carbocycles. The molecule has 0 saturated carbocycles. The van der Waals surface area contributed by atoms with Crippen LogP contribution in [0.25, 0.3) is 0 Å². The molecule has 1 heterocycles. The summed E-state index contributed by atoms with van der Waals surface area (Å²) in [5, 5.41) is 2.64. The predicted molar refractivity (Wildman–Crippen MR) is 71.3 cm³/mol. The number of carbonyl (C=O) groups excluding carboxylic acids is 3. The van der Waals surface area contributed by atoms with Gasteiger partial charge in [-0.2, -0.15) is 0 Å². The molecule has 0 atom stereocenters. The normalized spacial score (nSPS) is 16.2. The van der Waals surface area contributed by atoms with Crippen molar-refractivity contribution in [2.24, 2.45) is 5.41 Å². The van der Waals surface area contributed by atoms with E-state index in [4.69, 9.17) is 0 Å². The molecule has 1 aliphatic rings. The molecule has 0 aromatic carbocycles. The van der Waals surface area contributed by atoms with Gasteiger partial charge in [-0.15, -0.1) is 0 Å². The van der Waals surface area contributed by atoms with Gasteiger partial charge in [0.25, 0.3) is 0 Å². The Labute approximate surface area is 114 Å². The molecule has 108 valence electrons. The van der Waals surface area contributed by atoms with Crippen LogP contribution in [0.4, 0.5) is 0 Å². The molecule has 1 N–H and O–H groups in total. The van der Waals surface area contributed by atoms with Gasteiger partial charge in [-0.05, 0) is 0 Å². The number of carbonyl (C=O) groups is 3. The zero-order valence-corrected chi connectivity index (χ0v) is 12.2. The quantitative estimate of drug-likeness (QED) is 0.757. The Bertz CT molecular complexity index is 366. The average molecular weight is 269 g/mol. The van der Waals surface area contributed by atoms with Crippen LogP contribution >= 0.6 is 0 Å². The van der Waals surface area contributed by atoms with Crippen molar-refractivity contribution in [3.05, 3.63) is 0 Å². The second kappa shape index (κ2) is 6.04. The number of hydrogen-bond acceptors (Lipinski definition) is 3. The first kappa shape index (κ1) is 15.5. The maximum absolute atomic E-state index is 11.9. The smallest absolute Gasteiger partial charge is 0.242 e. The van der Waals surface area contributed by atoms with E-state index in [-0.39, 0.29) is 24.3 Å². The summed E-state index contributed by atoms with van der Waals surface area (Å²) in [6, 6.07) is 0. The highest BCUT2D eigenvalue weighted by Crippen LogP contribution is 2.12. The van der Waals surface area contributed by atoms with Gasteiger partial charge in [0.2, 0.25) is 17.7 Å². The van der Waals surface area contributed by atoms with Gasteiger partial charge in [-0.1, -0.05) is 20.8 Å². The summed E-state index contributed by atoms with van der Waals surface area (Å²) in [7, 11) is 0. The summed E-state index contributed by atoms with van der Waals surface area (Å²) in [6.07, 6.45) is 0. The molecule has 1 aliphatic heterocycles. The summed E-state index contributed by atoms with van der Waals surface area (Å²) in [4.78, 5) is 38.1. The maximum Gasteiger partial charge on any atom is 0.242 e. The largest absolute Gasteiger partial charge is 0.347 e. The molecule has 0 radical (unpaired) electrons. The third kappa shape index (κ3) is 4.54. The molecule has 3 amide bonds. The Hall–Kier alpha value is -1.59. The number of amides is 3. The first-order chi connectivity index (χ1) is 8.71. The number of rotatable bonds is 2. The summed E-state index contributed by atoms with van der Waals surface area (Å²) < 4.78 is 0. The third-order valence-corrected chi connectivity index (χ3v) is 3.16. The molecule has 0 unspecified atom stereocenters. The first-order valence-electron chi connectivity index (χ1n) is 6.53. The van der Waals surface area contributed by atoms with Crippen molar-refractivity contribution in [2.75, 3.05) is 32.7 Å². The van der Waals surface area contributed by atoms with Crippen molar-refractivity contribution in [3.63, 3.8) is 0 Å². The van der Waals surface area contributed by atoms with E-state index in [1.54, 1.807) is 30.6 Å². The molecule has 0 spiro atoms. The van der Waals surface area contributed by atoms with Crippen LogP contribution in [0.2, 0.25) is 0 Å². The van der Waals surface area contributed by atoms with Gasteiger partial charge in [-0.25, -0.2) is 0 Å². The lowest BCUT2D eigenvalue weighted by Gasteiger charge is -2.34. The second-order valence-corrected chi connectivity index (χ2v) is 5.82. The Morgan fingerprint density at radius 1 is 1.00 bits per heavy atom. The maximum atomic E-state index is 11.9. The van der Waals surface area contributed by atoms with Gasteiger partial charge in [0.15, 0.2) is 0 Å². The second-order valence-electron chi connectivity index (χ2n) is 5.82. The van der Waals surface area contributed by atoms with Crippen molar-refractivity contribution in [3.8, 4) is 0 Å². The van der Waals surface area contributed by atoms with Crippen LogP contribution in [-0.2, 0) is 14.4 Å². The van der Waals surface area contributed by atoms with Gasteiger partial charge >= 0.3 is 0 Å². The topological polar surface area (TPSA) is 69.7 Å². The van der Waals surface area contributed by atoms with Crippen LogP contribution < -0.4 is 5.32 Å². The lowest BCUT2D eigenvalue weighted by Crippen LogP contribution is -2.52. The fourth-order valence-corrected chi connectivity index (χ4v) is 1.80. The summed E-state index contributed by atoms with van der Waals surface area (Å²) in [5.41, 5.74) is -0.492. The molecular weight excluding hydrogens is 246 g/mol. The van der Waals surface area contributed by atoms with E-state index < -0.39 is 5.41 Å². The van der Waals surface area contributed by atoms with Crippen LogP contribution in [0, 0.1) is 5.41 Å². The highest BCUT2D eigenvalue weighted by molar-refractivity contribution is 5.87. The molecule has 0 bridgehead atoms. The number of nitrogens with zero attached hydrogens (tertiary/aromatic N) is 2. The SMILES string of the molecule is CC(=O)N1CCN(C(=O)CNC(=O)C(C)(C)C)CC1. The Balaban J connectivity index is 2.36. The summed E-state index contributed by atoms with van der Waals surface area (Å²) >= 11 is 0. The lowest BCUT2D eigenvalue weighted by atomic mass is 9.96. The monoisotopic (exact) mass is 269 g/mol. The minimum absolute atomic E-state index is 0.0240. The fourth-order valence-electron chi connectivity index (χ4n) is 1.80. The van der Waals surface area contributed by atoms with Crippen molar-refractivity contribution in [2.45, 2.75) is 27.7 Å². The van der Waals surface area contributed by atoms with E-state index in [1.165, 1.54) is 6.92 Å². The molecule has 1 fully saturated rings. The van der Waals surface area contributed by atoms with Crippen LogP contribution in [-0.4, -0.2) is 60.2 Å². The van der Waals surface area contributed by atoms with Crippen LogP contribution in [0.3, 0.4) is 0 Å². The molecule has 1 saturated heterocycles. The highest BCUT2D eigenvalue weighted by atomic mass is 16.2. The van der Waals surface area contributed by atoms with Crippen molar-refractivity contribution in [1.29, 1.82) is 0 Å². The number of piperazine rings is 1.